The molecule has 0 aromatic rings. The van der Waals surface area contributed by atoms with Crippen LogP contribution in [0.5, 0.6) is 0 Å². The zero-order valence-electron chi connectivity index (χ0n) is 47.8. The second-order valence-corrected chi connectivity index (χ2v) is 21.8. The molecule has 1 aliphatic rings. The van der Waals surface area contributed by atoms with Crippen molar-refractivity contribution in [2.45, 2.75) is 333 Å². The van der Waals surface area contributed by atoms with E-state index in [1.165, 1.54) is 186 Å². The summed E-state index contributed by atoms with van der Waals surface area (Å²) in [4.78, 5) is 25.0. The molecule has 1 heterocycles. The molecule has 1 saturated heterocycles. The molecule has 1 fully saturated rings. The molecule has 1 aliphatic heterocycles. The standard InChI is InChI=1S/C63H117NO10/c1-3-5-7-9-11-13-14-15-28-31-35-39-43-47-51-59(68)72-52-48-44-40-36-32-29-26-24-22-20-18-16-17-19-21-23-25-27-30-34-38-42-46-50-58(67)64-55(56(66)49-45-41-37-33-12-10-8-6-4-2)54-73-63-62(71)61(70)60(69)57(53-65)74-63/h14-15,19,21,45,49,55-57,60-63,65-66,69-71H,3-13,16-18,20,22-44,46-48,50-54H2,1-2H3,(H,64,67)/b15-14-,21-19-,49-45+. The largest absolute Gasteiger partial charge is 0.466 e. The Hall–Kier alpha value is -2.12. The minimum absolute atomic E-state index is 0.00904. The Morgan fingerprint density at radius 2 is 0.865 bits per heavy atom. The second-order valence-electron chi connectivity index (χ2n) is 21.8. The van der Waals surface area contributed by atoms with Crippen molar-refractivity contribution in [3.63, 3.8) is 0 Å². The van der Waals surface area contributed by atoms with Gasteiger partial charge in [-0.25, -0.2) is 0 Å². The SMILES string of the molecule is CCCCCCC/C=C\CCCCCCCC(=O)OCCCCCCCCCCCCCC/C=C\CCCCCCCCCC(=O)NC(COC1OC(CO)C(O)C(O)C1O)C(O)/C=C/CCCCCCCCC. The van der Waals surface area contributed by atoms with Crippen molar-refractivity contribution < 1.29 is 49.3 Å². The predicted molar refractivity (Wildman–Crippen MR) is 306 cm³/mol. The summed E-state index contributed by atoms with van der Waals surface area (Å²) < 4.78 is 16.7. The fourth-order valence-corrected chi connectivity index (χ4v) is 9.72. The van der Waals surface area contributed by atoms with Crippen LogP contribution in [0, 0.1) is 0 Å². The van der Waals surface area contributed by atoms with Crippen molar-refractivity contribution in [3.05, 3.63) is 36.5 Å². The fourth-order valence-electron chi connectivity index (χ4n) is 9.72. The molecule has 7 atom stereocenters. The quantitative estimate of drug-likeness (QED) is 0.0195. The molecule has 74 heavy (non-hydrogen) atoms. The maximum Gasteiger partial charge on any atom is 0.305 e. The number of nitrogens with one attached hydrogen (secondary N) is 1. The molecule has 1 rings (SSSR count). The summed E-state index contributed by atoms with van der Waals surface area (Å²) in [6, 6.07) is -0.813. The number of hydrogen-bond donors (Lipinski definition) is 6. The number of carbonyl (C=O) groups is 2. The maximum absolute atomic E-state index is 13.0. The van der Waals surface area contributed by atoms with E-state index in [4.69, 9.17) is 14.2 Å². The summed E-state index contributed by atoms with van der Waals surface area (Å²) in [5, 5.41) is 54.2. The third-order valence-corrected chi connectivity index (χ3v) is 14.7. The molecule has 1 amide bonds. The Morgan fingerprint density at radius 3 is 1.30 bits per heavy atom. The van der Waals surface area contributed by atoms with E-state index in [0.29, 0.717) is 19.4 Å². The number of esters is 1. The lowest BCUT2D eigenvalue weighted by molar-refractivity contribution is -0.302. The van der Waals surface area contributed by atoms with Crippen LogP contribution in [0.25, 0.3) is 0 Å². The number of aliphatic hydroxyl groups is 5. The zero-order valence-corrected chi connectivity index (χ0v) is 47.8. The molecule has 11 heteroatoms. The van der Waals surface area contributed by atoms with Gasteiger partial charge in [-0.1, -0.05) is 230 Å². The summed E-state index contributed by atoms with van der Waals surface area (Å²) in [5.41, 5.74) is 0. The van der Waals surface area contributed by atoms with Gasteiger partial charge in [-0.05, 0) is 83.5 Å². The average molecular weight is 1050 g/mol. The van der Waals surface area contributed by atoms with E-state index in [-0.39, 0.29) is 18.5 Å². The van der Waals surface area contributed by atoms with Crippen molar-refractivity contribution in [3.8, 4) is 0 Å². The van der Waals surface area contributed by atoms with Gasteiger partial charge in [0, 0.05) is 12.8 Å². The number of rotatable bonds is 54. The molecule has 0 aliphatic carbocycles. The molecule has 0 aromatic carbocycles. The van der Waals surface area contributed by atoms with Crippen molar-refractivity contribution in [2.75, 3.05) is 19.8 Å². The summed E-state index contributed by atoms with van der Waals surface area (Å²) >= 11 is 0. The smallest absolute Gasteiger partial charge is 0.305 e. The zero-order chi connectivity index (χ0) is 53.8. The number of allylic oxidation sites excluding steroid dienone is 5. The first-order valence-electron chi connectivity index (χ1n) is 31.3. The van der Waals surface area contributed by atoms with Crippen molar-refractivity contribution >= 4 is 11.9 Å². The highest BCUT2D eigenvalue weighted by atomic mass is 16.7. The summed E-state index contributed by atoms with van der Waals surface area (Å²) in [6.07, 6.45) is 55.4. The first-order chi connectivity index (χ1) is 36.2. The van der Waals surface area contributed by atoms with E-state index in [2.05, 4.69) is 43.5 Å². The second kappa shape index (κ2) is 52.9. The van der Waals surface area contributed by atoms with E-state index in [1.807, 2.05) is 6.08 Å². The van der Waals surface area contributed by atoms with Crippen LogP contribution in [0.15, 0.2) is 36.5 Å². The number of ether oxygens (including phenoxy) is 3. The van der Waals surface area contributed by atoms with E-state index in [1.54, 1.807) is 6.08 Å². The maximum atomic E-state index is 13.0. The van der Waals surface area contributed by atoms with Gasteiger partial charge in [-0.15, -0.1) is 0 Å². The van der Waals surface area contributed by atoms with Crippen LogP contribution in [-0.4, -0.2) is 100 Å². The minimum Gasteiger partial charge on any atom is -0.466 e. The third-order valence-electron chi connectivity index (χ3n) is 14.7. The molecule has 0 bridgehead atoms. The molecule has 0 spiro atoms. The number of amides is 1. The van der Waals surface area contributed by atoms with E-state index < -0.39 is 49.5 Å². The van der Waals surface area contributed by atoms with E-state index >= 15 is 0 Å². The topological polar surface area (TPSA) is 175 Å². The predicted octanol–water partition coefficient (Wildman–Crippen LogP) is 14.7. The monoisotopic (exact) mass is 1050 g/mol. The lowest BCUT2D eigenvalue weighted by Gasteiger charge is -2.40. The van der Waals surface area contributed by atoms with Gasteiger partial charge in [0.1, 0.15) is 24.4 Å². The molecule has 0 radical (unpaired) electrons. The Balaban J connectivity index is 1.99. The minimum atomic E-state index is -1.57. The van der Waals surface area contributed by atoms with Gasteiger partial charge in [0.25, 0.3) is 0 Å². The summed E-state index contributed by atoms with van der Waals surface area (Å²) in [7, 11) is 0. The van der Waals surface area contributed by atoms with E-state index in [0.717, 1.165) is 77.0 Å². The molecule has 0 saturated carbocycles. The third kappa shape index (κ3) is 42.0. The normalized spacial score (nSPS) is 19.0. The number of aliphatic hydroxyl groups excluding tert-OH is 5. The lowest BCUT2D eigenvalue weighted by atomic mass is 9.99. The van der Waals surface area contributed by atoms with Crippen LogP contribution < -0.4 is 5.32 Å². The Morgan fingerprint density at radius 1 is 0.486 bits per heavy atom. The number of carbonyl (C=O) groups excluding carboxylic acids is 2. The average Bonchev–Trinajstić information content (AvgIpc) is 3.40. The van der Waals surface area contributed by atoms with Crippen LogP contribution >= 0.6 is 0 Å². The lowest BCUT2D eigenvalue weighted by Crippen LogP contribution is -2.60. The van der Waals surface area contributed by atoms with E-state index in [9.17, 15) is 35.1 Å². The Kier molecular flexibility index (Phi) is 50.0. The Bertz CT molecular complexity index is 1320. The van der Waals surface area contributed by atoms with Crippen LogP contribution in [0.1, 0.15) is 290 Å². The molecule has 11 nitrogen and oxygen atoms in total. The summed E-state index contributed by atoms with van der Waals surface area (Å²) in [6.45, 7) is 4.30. The number of unbranched alkanes of at least 4 members (excludes halogenated alkanes) is 36. The molecule has 6 N–H and O–H groups in total. The summed E-state index contributed by atoms with van der Waals surface area (Å²) in [5.74, 6) is -0.199. The highest BCUT2D eigenvalue weighted by Gasteiger charge is 2.44. The van der Waals surface area contributed by atoms with Crippen molar-refractivity contribution in [1.29, 1.82) is 0 Å². The molecular formula is C63H117NO10. The highest BCUT2D eigenvalue weighted by Crippen LogP contribution is 2.23. The molecular weight excluding hydrogens is 931 g/mol. The van der Waals surface area contributed by atoms with Gasteiger partial charge in [-0.2, -0.15) is 0 Å². The van der Waals surface area contributed by atoms with Crippen molar-refractivity contribution in [2.24, 2.45) is 0 Å². The first kappa shape index (κ1) is 69.9. The van der Waals surface area contributed by atoms with Gasteiger partial charge in [-0.3, -0.25) is 9.59 Å². The van der Waals surface area contributed by atoms with Gasteiger partial charge in [0.15, 0.2) is 6.29 Å². The van der Waals surface area contributed by atoms with Gasteiger partial charge in [0.05, 0.1) is 32.0 Å². The van der Waals surface area contributed by atoms with Crippen LogP contribution in [0.4, 0.5) is 0 Å². The first-order valence-corrected chi connectivity index (χ1v) is 31.3. The van der Waals surface area contributed by atoms with Gasteiger partial charge >= 0.3 is 5.97 Å². The van der Waals surface area contributed by atoms with Gasteiger partial charge < -0.3 is 45.1 Å². The Labute approximate surface area is 453 Å². The highest BCUT2D eigenvalue weighted by molar-refractivity contribution is 5.76. The number of hydrogen-bond acceptors (Lipinski definition) is 10. The molecule has 0 aromatic heterocycles. The van der Waals surface area contributed by atoms with Crippen LogP contribution in [0.2, 0.25) is 0 Å². The van der Waals surface area contributed by atoms with Crippen molar-refractivity contribution in [1.82, 2.24) is 5.32 Å². The van der Waals surface area contributed by atoms with Crippen LogP contribution in [0.3, 0.4) is 0 Å². The fraction of sp³-hybridized carbons (Fsp3) is 0.873. The molecule has 7 unspecified atom stereocenters. The van der Waals surface area contributed by atoms with Gasteiger partial charge in [0.2, 0.25) is 5.91 Å². The van der Waals surface area contributed by atoms with Crippen LogP contribution in [-0.2, 0) is 23.8 Å². The molecule has 434 valence electrons.